The molecule has 0 spiro atoms. The van der Waals surface area contributed by atoms with Crippen LogP contribution in [0.5, 0.6) is 0 Å². The van der Waals surface area contributed by atoms with Crippen LogP contribution in [0.4, 0.5) is 5.69 Å². The molecule has 1 heterocycles. The number of amides is 1. The van der Waals surface area contributed by atoms with Crippen LogP contribution in [-0.2, 0) is 0 Å². The fourth-order valence-corrected chi connectivity index (χ4v) is 2.79. The minimum atomic E-state index is -0.481. The van der Waals surface area contributed by atoms with Crippen molar-refractivity contribution in [3.05, 3.63) is 93.3 Å². The lowest BCUT2D eigenvalue weighted by Crippen LogP contribution is -2.17. The SMILES string of the molecule is Cc1ccc(C)n1-c1ccc(C(=O)N/N=C\c2cccc([N+](=O)[O-])c2)cc1. The second kappa shape index (κ2) is 7.65. The third-order valence-electron chi connectivity index (χ3n) is 4.12. The maximum absolute atomic E-state index is 12.2. The van der Waals surface area contributed by atoms with Crippen molar-refractivity contribution in [1.29, 1.82) is 0 Å². The molecule has 0 aliphatic heterocycles. The molecule has 3 aromatic rings. The van der Waals surface area contributed by atoms with Crippen molar-refractivity contribution in [3.8, 4) is 5.69 Å². The standard InChI is InChI=1S/C20H18N4O3/c1-14-6-7-15(2)23(14)18-10-8-17(9-11-18)20(25)22-21-13-16-4-3-5-19(12-16)24(26)27/h3-13H,1-2H3,(H,22,25)/b21-13-. The Hall–Kier alpha value is -3.74. The smallest absolute Gasteiger partial charge is 0.271 e. The lowest BCUT2D eigenvalue weighted by molar-refractivity contribution is -0.384. The van der Waals surface area contributed by atoms with Gasteiger partial charge in [0.25, 0.3) is 11.6 Å². The number of nitrogens with zero attached hydrogens (tertiary/aromatic N) is 3. The molecule has 0 saturated carbocycles. The molecule has 1 N–H and O–H groups in total. The average molecular weight is 362 g/mol. The zero-order chi connectivity index (χ0) is 19.4. The van der Waals surface area contributed by atoms with Gasteiger partial charge in [0, 0.05) is 40.3 Å². The van der Waals surface area contributed by atoms with Gasteiger partial charge >= 0.3 is 0 Å². The number of nitrogens with one attached hydrogen (secondary N) is 1. The fraction of sp³-hybridized carbons (Fsp3) is 0.100. The number of rotatable bonds is 5. The summed E-state index contributed by atoms with van der Waals surface area (Å²) in [4.78, 5) is 22.5. The highest BCUT2D eigenvalue weighted by Crippen LogP contribution is 2.17. The van der Waals surface area contributed by atoms with E-state index in [1.54, 1.807) is 24.3 Å². The summed E-state index contributed by atoms with van der Waals surface area (Å²) in [6.07, 6.45) is 1.37. The van der Waals surface area contributed by atoms with Crippen molar-refractivity contribution in [2.24, 2.45) is 5.10 Å². The molecule has 27 heavy (non-hydrogen) atoms. The molecule has 0 aliphatic rings. The Balaban J connectivity index is 1.68. The summed E-state index contributed by atoms with van der Waals surface area (Å²) >= 11 is 0. The third-order valence-corrected chi connectivity index (χ3v) is 4.12. The summed E-state index contributed by atoms with van der Waals surface area (Å²) in [7, 11) is 0. The molecular weight excluding hydrogens is 344 g/mol. The van der Waals surface area contributed by atoms with E-state index in [1.807, 2.05) is 38.1 Å². The number of aryl methyl sites for hydroxylation is 2. The minimum Gasteiger partial charge on any atom is -0.319 e. The molecule has 7 heteroatoms. The van der Waals surface area contributed by atoms with Crippen LogP contribution in [0, 0.1) is 24.0 Å². The second-order valence-corrected chi connectivity index (χ2v) is 6.05. The summed E-state index contributed by atoms with van der Waals surface area (Å²) in [6.45, 7) is 4.05. The number of benzene rings is 2. The number of nitro benzene ring substituents is 1. The molecule has 0 atom stereocenters. The first kappa shape index (κ1) is 18.1. The zero-order valence-electron chi connectivity index (χ0n) is 14.9. The van der Waals surface area contributed by atoms with Gasteiger partial charge in [0.05, 0.1) is 11.1 Å². The monoisotopic (exact) mass is 362 g/mol. The van der Waals surface area contributed by atoms with Crippen LogP contribution in [0.3, 0.4) is 0 Å². The molecule has 7 nitrogen and oxygen atoms in total. The van der Waals surface area contributed by atoms with E-state index < -0.39 is 4.92 Å². The van der Waals surface area contributed by atoms with Crippen LogP contribution in [-0.4, -0.2) is 21.6 Å². The fourth-order valence-electron chi connectivity index (χ4n) is 2.79. The van der Waals surface area contributed by atoms with E-state index in [0.29, 0.717) is 11.1 Å². The summed E-state index contributed by atoms with van der Waals surface area (Å²) < 4.78 is 2.10. The number of carbonyl (C=O) groups excluding carboxylic acids is 1. The number of hydrazone groups is 1. The van der Waals surface area contributed by atoms with Gasteiger partial charge in [-0.25, -0.2) is 5.43 Å². The van der Waals surface area contributed by atoms with Crippen LogP contribution in [0.15, 0.2) is 65.8 Å². The van der Waals surface area contributed by atoms with Gasteiger partial charge in [-0.3, -0.25) is 14.9 Å². The minimum absolute atomic E-state index is 0.0311. The molecule has 0 bridgehead atoms. The van der Waals surface area contributed by atoms with Crippen molar-refractivity contribution in [1.82, 2.24) is 9.99 Å². The summed E-state index contributed by atoms with van der Waals surface area (Å²) in [5, 5.41) is 14.6. The van der Waals surface area contributed by atoms with Gasteiger partial charge in [-0.15, -0.1) is 0 Å². The van der Waals surface area contributed by atoms with E-state index in [4.69, 9.17) is 0 Å². The van der Waals surface area contributed by atoms with Crippen molar-refractivity contribution in [2.75, 3.05) is 0 Å². The van der Waals surface area contributed by atoms with Crippen molar-refractivity contribution in [2.45, 2.75) is 13.8 Å². The highest BCUT2D eigenvalue weighted by molar-refractivity contribution is 5.95. The summed E-state index contributed by atoms with van der Waals surface area (Å²) in [6, 6.07) is 17.3. The molecule has 136 valence electrons. The largest absolute Gasteiger partial charge is 0.319 e. The molecular formula is C20H18N4O3. The lowest BCUT2D eigenvalue weighted by Gasteiger charge is -2.10. The maximum Gasteiger partial charge on any atom is 0.271 e. The van der Waals surface area contributed by atoms with Gasteiger partial charge < -0.3 is 4.57 Å². The Labute approximate surface area is 156 Å². The van der Waals surface area contributed by atoms with Gasteiger partial charge in [0.2, 0.25) is 0 Å². The van der Waals surface area contributed by atoms with E-state index in [-0.39, 0.29) is 11.6 Å². The lowest BCUT2D eigenvalue weighted by atomic mass is 10.2. The highest BCUT2D eigenvalue weighted by atomic mass is 16.6. The predicted molar refractivity (Wildman–Crippen MR) is 103 cm³/mol. The van der Waals surface area contributed by atoms with Crippen LogP contribution in [0.25, 0.3) is 5.69 Å². The van der Waals surface area contributed by atoms with Gasteiger partial charge in [0.1, 0.15) is 0 Å². The Morgan fingerprint density at radius 2 is 1.74 bits per heavy atom. The van der Waals surface area contributed by atoms with E-state index in [2.05, 4.69) is 15.1 Å². The van der Waals surface area contributed by atoms with Gasteiger partial charge in [-0.1, -0.05) is 12.1 Å². The highest BCUT2D eigenvalue weighted by Gasteiger charge is 2.08. The van der Waals surface area contributed by atoms with Crippen molar-refractivity contribution >= 4 is 17.8 Å². The summed E-state index contributed by atoms with van der Waals surface area (Å²) in [5.41, 5.74) is 6.60. The van der Waals surface area contributed by atoms with Gasteiger partial charge in [-0.2, -0.15) is 5.10 Å². The Kier molecular flexibility index (Phi) is 5.12. The van der Waals surface area contributed by atoms with Gasteiger partial charge in [-0.05, 0) is 50.2 Å². The van der Waals surface area contributed by atoms with Gasteiger partial charge in [0.15, 0.2) is 0 Å². The molecule has 1 aromatic heterocycles. The molecule has 3 rings (SSSR count). The molecule has 0 unspecified atom stereocenters. The quantitative estimate of drug-likeness (QED) is 0.426. The van der Waals surface area contributed by atoms with Crippen LogP contribution < -0.4 is 5.43 Å². The molecule has 2 aromatic carbocycles. The van der Waals surface area contributed by atoms with E-state index >= 15 is 0 Å². The number of aromatic nitrogens is 1. The number of hydrogen-bond donors (Lipinski definition) is 1. The zero-order valence-corrected chi connectivity index (χ0v) is 14.9. The van der Waals surface area contributed by atoms with Crippen LogP contribution in [0.2, 0.25) is 0 Å². The molecule has 0 fully saturated rings. The maximum atomic E-state index is 12.2. The third kappa shape index (κ3) is 4.09. The number of non-ortho nitro benzene ring substituents is 1. The number of carbonyl (C=O) groups is 1. The van der Waals surface area contributed by atoms with Crippen molar-refractivity contribution in [3.63, 3.8) is 0 Å². The average Bonchev–Trinajstić information content (AvgIpc) is 3.00. The van der Waals surface area contributed by atoms with Crippen LogP contribution in [0.1, 0.15) is 27.3 Å². The topological polar surface area (TPSA) is 89.5 Å². The van der Waals surface area contributed by atoms with E-state index in [9.17, 15) is 14.9 Å². The molecule has 1 amide bonds. The summed E-state index contributed by atoms with van der Waals surface area (Å²) in [5.74, 6) is -0.357. The molecule has 0 saturated heterocycles. The number of hydrogen-bond acceptors (Lipinski definition) is 4. The first-order valence-corrected chi connectivity index (χ1v) is 8.29. The Morgan fingerprint density at radius 3 is 2.37 bits per heavy atom. The Morgan fingerprint density at radius 1 is 1.07 bits per heavy atom. The van der Waals surface area contributed by atoms with E-state index in [0.717, 1.165) is 17.1 Å². The Bertz CT molecular complexity index is 1000. The first-order valence-electron chi connectivity index (χ1n) is 8.29. The van der Waals surface area contributed by atoms with Crippen LogP contribution >= 0.6 is 0 Å². The molecule has 0 aliphatic carbocycles. The predicted octanol–water partition coefficient (Wildman–Crippen LogP) is 3.77. The first-order chi connectivity index (χ1) is 13.0. The molecule has 0 radical (unpaired) electrons. The second-order valence-electron chi connectivity index (χ2n) is 6.05. The normalized spacial score (nSPS) is 10.9. The van der Waals surface area contributed by atoms with E-state index in [1.165, 1.54) is 18.3 Å². The number of nitro groups is 1. The van der Waals surface area contributed by atoms with Crippen molar-refractivity contribution < 1.29 is 9.72 Å².